The van der Waals surface area contributed by atoms with Gasteiger partial charge >= 0.3 is 0 Å². The molecule has 2 rings (SSSR count). The zero-order valence-electron chi connectivity index (χ0n) is 11.3. The third-order valence-corrected chi connectivity index (χ3v) is 2.76. The molecule has 5 nitrogen and oxygen atoms in total. The van der Waals surface area contributed by atoms with E-state index in [-0.39, 0.29) is 0 Å². The van der Waals surface area contributed by atoms with Crippen LogP contribution in [0.2, 0.25) is 0 Å². The van der Waals surface area contributed by atoms with Crippen LogP contribution >= 0.6 is 0 Å². The second kappa shape index (κ2) is 6.15. The second-order valence-electron chi connectivity index (χ2n) is 4.01. The molecular formula is C14H17N3O2. The average molecular weight is 259 g/mol. The number of nitrogens with zero attached hydrogens (tertiary/aromatic N) is 2. The molecule has 1 aromatic carbocycles. The highest BCUT2D eigenvalue weighted by Gasteiger charge is 2.09. The molecule has 0 fully saturated rings. The lowest BCUT2D eigenvalue weighted by Crippen LogP contribution is -2.07. The van der Waals surface area contributed by atoms with E-state index in [0.717, 1.165) is 28.5 Å². The molecule has 5 heteroatoms. The van der Waals surface area contributed by atoms with Gasteiger partial charge in [0, 0.05) is 18.2 Å². The monoisotopic (exact) mass is 259 g/mol. The Morgan fingerprint density at radius 2 is 1.89 bits per heavy atom. The van der Waals surface area contributed by atoms with E-state index in [1.165, 1.54) is 0 Å². The molecule has 0 spiro atoms. The highest BCUT2D eigenvalue weighted by Crippen LogP contribution is 2.31. The van der Waals surface area contributed by atoms with E-state index in [0.29, 0.717) is 6.54 Å². The molecule has 0 saturated heterocycles. The number of aromatic nitrogens is 2. The molecule has 0 atom stereocenters. The van der Waals surface area contributed by atoms with Crippen molar-refractivity contribution < 1.29 is 9.47 Å². The van der Waals surface area contributed by atoms with Crippen molar-refractivity contribution in [3.05, 3.63) is 36.0 Å². The summed E-state index contributed by atoms with van der Waals surface area (Å²) in [5.41, 5.74) is 2.57. The Labute approximate surface area is 112 Å². The Balaban J connectivity index is 2.35. The molecular weight excluding hydrogens is 242 g/mol. The van der Waals surface area contributed by atoms with Crippen LogP contribution in [-0.4, -0.2) is 31.5 Å². The first-order valence-corrected chi connectivity index (χ1v) is 5.98. The SMILES string of the molecule is CNCc1ccc(-c2ccc(OC)cc2OC)nn1. The van der Waals surface area contributed by atoms with Gasteiger partial charge in [-0.1, -0.05) is 0 Å². The number of hydrogen-bond acceptors (Lipinski definition) is 5. The van der Waals surface area contributed by atoms with E-state index in [4.69, 9.17) is 9.47 Å². The van der Waals surface area contributed by atoms with Gasteiger partial charge in [0.05, 0.1) is 25.6 Å². The van der Waals surface area contributed by atoms with E-state index in [9.17, 15) is 0 Å². The summed E-state index contributed by atoms with van der Waals surface area (Å²) in [5.74, 6) is 1.47. The van der Waals surface area contributed by atoms with Gasteiger partial charge in [-0.25, -0.2) is 0 Å². The lowest BCUT2D eigenvalue weighted by Gasteiger charge is -2.09. The molecule has 0 aliphatic carbocycles. The molecule has 0 radical (unpaired) electrons. The molecule has 100 valence electrons. The van der Waals surface area contributed by atoms with Gasteiger partial charge in [-0.3, -0.25) is 0 Å². The Morgan fingerprint density at radius 3 is 2.47 bits per heavy atom. The largest absolute Gasteiger partial charge is 0.497 e. The number of nitrogens with one attached hydrogen (secondary N) is 1. The third-order valence-electron chi connectivity index (χ3n) is 2.76. The Morgan fingerprint density at radius 1 is 1.05 bits per heavy atom. The first-order chi connectivity index (χ1) is 9.28. The van der Waals surface area contributed by atoms with E-state index < -0.39 is 0 Å². The molecule has 0 amide bonds. The van der Waals surface area contributed by atoms with Crippen molar-refractivity contribution in [2.24, 2.45) is 0 Å². The lowest BCUT2D eigenvalue weighted by atomic mass is 10.1. The van der Waals surface area contributed by atoms with Crippen molar-refractivity contribution in [2.75, 3.05) is 21.3 Å². The van der Waals surface area contributed by atoms with Crippen LogP contribution in [0.25, 0.3) is 11.3 Å². The Hall–Kier alpha value is -2.14. The van der Waals surface area contributed by atoms with Gasteiger partial charge in [0.1, 0.15) is 11.5 Å². The third kappa shape index (κ3) is 3.00. The quantitative estimate of drug-likeness (QED) is 0.888. The van der Waals surface area contributed by atoms with Crippen molar-refractivity contribution in [3.8, 4) is 22.8 Å². The minimum Gasteiger partial charge on any atom is -0.497 e. The summed E-state index contributed by atoms with van der Waals surface area (Å²) >= 11 is 0. The molecule has 0 aliphatic rings. The number of benzene rings is 1. The minimum atomic E-state index is 0.701. The average Bonchev–Trinajstić information content (AvgIpc) is 2.48. The maximum Gasteiger partial charge on any atom is 0.132 e. The summed E-state index contributed by atoms with van der Waals surface area (Å²) in [6, 6.07) is 9.51. The number of hydrogen-bond donors (Lipinski definition) is 1. The number of methoxy groups -OCH3 is 2. The topological polar surface area (TPSA) is 56.3 Å². The van der Waals surface area contributed by atoms with Crippen LogP contribution in [0.3, 0.4) is 0 Å². The molecule has 2 aromatic rings. The van der Waals surface area contributed by atoms with Crippen LogP contribution in [0.5, 0.6) is 11.5 Å². The second-order valence-corrected chi connectivity index (χ2v) is 4.01. The maximum absolute atomic E-state index is 5.36. The van der Waals surface area contributed by atoms with Crippen LogP contribution < -0.4 is 14.8 Å². The summed E-state index contributed by atoms with van der Waals surface area (Å²) in [7, 11) is 5.13. The van der Waals surface area contributed by atoms with Gasteiger partial charge in [0.15, 0.2) is 0 Å². The predicted molar refractivity (Wildman–Crippen MR) is 73.3 cm³/mol. The predicted octanol–water partition coefficient (Wildman–Crippen LogP) is 1.88. The molecule has 1 heterocycles. The van der Waals surface area contributed by atoms with Crippen LogP contribution in [0, 0.1) is 0 Å². The zero-order chi connectivity index (χ0) is 13.7. The highest BCUT2D eigenvalue weighted by molar-refractivity contribution is 5.68. The first kappa shape index (κ1) is 13.3. The van der Waals surface area contributed by atoms with Crippen molar-refractivity contribution >= 4 is 0 Å². The van der Waals surface area contributed by atoms with Gasteiger partial charge in [-0.15, -0.1) is 0 Å². The van der Waals surface area contributed by atoms with Crippen molar-refractivity contribution in [1.29, 1.82) is 0 Å². The fraction of sp³-hybridized carbons (Fsp3) is 0.286. The Kier molecular flexibility index (Phi) is 4.30. The molecule has 1 N–H and O–H groups in total. The Bertz CT molecular complexity index is 541. The fourth-order valence-electron chi connectivity index (χ4n) is 1.79. The van der Waals surface area contributed by atoms with Crippen molar-refractivity contribution in [2.45, 2.75) is 6.54 Å². The molecule has 0 bridgehead atoms. The molecule has 19 heavy (non-hydrogen) atoms. The summed E-state index contributed by atoms with van der Waals surface area (Å²) in [5, 5.41) is 11.4. The normalized spacial score (nSPS) is 10.3. The smallest absolute Gasteiger partial charge is 0.132 e. The summed E-state index contributed by atoms with van der Waals surface area (Å²) in [6.07, 6.45) is 0. The summed E-state index contributed by atoms with van der Waals surface area (Å²) < 4.78 is 10.5. The molecule has 0 unspecified atom stereocenters. The van der Waals surface area contributed by atoms with Gasteiger partial charge in [0.25, 0.3) is 0 Å². The highest BCUT2D eigenvalue weighted by atomic mass is 16.5. The number of ether oxygens (including phenoxy) is 2. The van der Waals surface area contributed by atoms with E-state index in [1.807, 2.05) is 37.4 Å². The van der Waals surface area contributed by atoms with Gasteiger partial charge in [-0.05, 0) is 31.3 Å². The molecule has 0 saturated carbocycles. The van der Waals surface area contributed by atoms with Crippen LogP contribution in [-0.2, 0) is 6.54 Å². The standard InChI is InChI=1S/C14H17N3O2/c1-15-9-10-4-7-13(17-16-10)12-6-5-11(18-2)8-14(12)19-3/h4-8,15H,9H2,1-3H3. The summed E-state index contributed by atoms with van der Waals surface area (Å²) in [6.45, 7) is 0.701. The maximum atomic E-state index is 5.36. The van der Waals surface area contributed by atoms with Gasteiger partial charge < -0.3 is 14.8 Å². The molecule has 0 aliphatic heterocycles. The molecule has 1 aromatic heterocycles. The van der Waals surface area contributed by atoms with Crippen LogP contribution in [0.4, 0.5) is 0 Å². The van der Waals surface area contributed by atoms with Crippen LogP contribution in [0.15, 0.2) is 30.3 Å². The first-order valence-electron chi connectivity index (χ1n) is 5.98. The van der Waals surface area contributed by atoms with Crippen molar-refractivity contribution in [1.82, 2.24) is 15.5 Å². The minimum absolute atomic E-state index is 0.701. The summed E-state index contributed by atoms with van der Waals surface area (Å²) in [4.78, 5) is 0. The zero-order valence-corrected chi connectivity index (χ0v) is 11.3. The number of rotatable bonds is 5. The fourth-order valence-corrected chi connectivity index (χ4v) is 1.79. The van der Waals surface area contributed by atoms with Gasteiger partial charge in [0.2, 0.25) is 0 Å². The lowest BCUT2D eigenvalue weighted by molar-refractivity contribution is 0.395. The van der Waals surface area contributed by atoms with E-state index in [2.05, 4.69) is 15.5 Å². The van der Waals surface area contributed by atoms with Crippen LogP contribution in [0.1, 0.15) is 5.69 Å². The van der Waals surface area contributed by atoms with Crippen molar-refractivity contribution in [3.63, 3.8) is 0 Å². The van der Waals surface area contributed by atoms with E-state index in [1.54, 1.807) is 14.2 Å². The van der Waals surface area contributed by atoms with Gasteiger partial charge in [-0.2, -0.15) is 10.2 Å². The van der Waals surface area contributed by atoms with E-state index >= 15 is 0 Å².